The molecule has 1 unspecified atom stereocenters. The lowest BCUT2D eigenvalue weighted by atomic mass is 9.85. The molecule has 0 radical (unpaired) electrons. The molecule has 22 N–H and O–H groups in total. The minimum absolute atomic E-state index is 0.0226. The molecule has 3 aromatic carbocycles. The first-order chi connectivity index (χ1) is 62.9. The number of fused-ring (bicyclic) bond motifs is 4. The number of rotatable bonds is 28. The predicted molar refractivity (Wildman–Crippen MR) is 488 cm³/mol. The topological polar surface area (TPSA) is 628 Å². The lowest BCUT2D eigenvalue weighted by Crippen LogP contribution is -2.60. The van der Waals surface area contributed by atoms with Crippen LogP contribution in [0.4, 0.5) is 0 Å². The van der Waals surface area contributed by atoms with Crippen LogP contribution in [0.15, 0.2) is 85.2 Å². The van der Waals surface area contributed by atoms with Gasteiger partial charge in [-0.2, -0.15) is 0 Å². The summed E-state index contributed by atoms with van der Waals surface area (Å²) < 4.78 is 5.34. The summed E-state index contributed by atoms with van der Waals surface area (Å²) >= 11 is 0.834. The lowest BCUT2D eigenvalue weighted by molar-refractivity contribution is -0.149. The maximum atomic E-state index is 15.8. The van der Waals surface area contributed by atoms with Crippen molar-refractivity contribution < 1.29 is 101 Å². The van der Waals surface area contributed by atoms with Gasteiger partial charge in [-0.15, -0.1) is 11.8 Å². The van der Waals surface area contributed by atoms with Crippen LogP contribution >= 0.6 is 11.8 Å². The van der Waals surface area contributed by atoms with Gasteiger partial charge in [0, 0.05) is 131 Å². The third kappa shape index (κ3) is 29.1. The number of Topliss-reactive ketones (excluding diaryl/α,β-unsaturated/α-hetero) is 3. The largest absolute Gasteiger partial charge is 0.497 e. The number of likely N-dealkylation sites (N-methyl/N-ethyl adjacent to an activating group) is 3. The molecule has 5 aromatic rings. The molecule has 8 rings (SSSR count). The zero-order valence-electron chi connectivity index (χ0n) is 75.9. The first kappa shape index (κ1) is 105. The third-order valence-electron chi connectivity index (χ3n) is 24.7. The predicted octanol–water partition coefficient (Wildman–Crippen LogP) is -0.664. The number of carbonyl (C=O) groups excluding carboxylic acids is 17. The van der Waals surface area contributed by atoms with Crippen LogP contribution in [0.1, 0.15) is 159 Å². The van der Waals surface area contributed by atoms with E-state index in [-0.39, 0.29) is 96.0 Å². The quantitative estimate of drug-likeness (QED) is 0.0295. The van der Waals surface area contributed by atoms with E-state index in [1.165, 1.54) is 45.0 Å². The van der Waals surface area contributed by atoms with E-state index in [4.69, 9.17) is 33.4 Å². The van der Waals surface area contributed by atoms with Crippen molar-refractivity contribution in [2.24, 2.45) is 46.4 Å². The molecule has 2 saturated heterocycles. The fourth-order valence-electron chi connectivity index (χ4n) is 17.0. The number of carboxylic acids is 1. The number of aromatic nitrogens is 2. The number of nitrogens with zero attached hydrogens (tertiary/aromatic N) is 4. The molecule has 132 heavy (non-hydrogen) atoms. The molecule has 0 bridgehead atoms. The van der Waals surface area contributed by atoms with Crippen LogP contribution in [0.3, 0.4) is 0 Å². The van der Waals surface area contributed by atoms with Crippen LogP contribution < -0.4 is 75.9 Å². The van der Waals surface area contributed by atoms with Gasteiger partial charge in [0.2, 0.25) is 82.7 Å². The number of aliphatic hydroxyl groups is 1. The Morgan fingerprint density at radius 1 is 0.523 bits per heavy atom. The van der Waals surface area contributed by atoms with Crippen molar-refractivity contribution in [2.45, 2.75) is 241 Å². The molecule has 3 fully saturated rings. The minimum Gasteiger partial charge on any atom is -0.497 e. The van der Waals surface area contributed by atoms with Gasteiger partial charge < -0.3 is 116 Å². The summed E-state index contributed by atoms with van der Waals surface area (Å²) in [4.78, 5) is 272. The molecule has 4 heterocycles. The number of benzene rings is 3. The number of ether oxygens (including phenoxy) is 1. The molecule has 14 amide bonds. The number of hydrogen-bond donors (Lipinski definition) is 17. The maximum absolute atomic E-state index is 15.8. The SMILES string of the molecule is CCCC[C@H]1C(=O)N(C)[C@@H](CCCC)C(=O)N[C@@H](CCCN)C(=O)N[C@H](C(=O)CCC(N)=O)CSCC(=O)N[C@@H](Cc2ccc(OC)cc2)C(=O)N(C)[C@@H](C)C(=O)N[C@@H](CC(N)=O)C(=O)N2CCC[C@H]2C(=O)N[C@@H](CN)C(=O)N[C@@H](CCC(=O)O)C(=O)C2C[C@H](O)C[C@H]2C(=O)N[C@@H](Cc2c[nH]c3ccccc23)C(=O)C[C@@H](CCN)C(=O)N[C@@H](Cc2c[nH]c3ccccc23)C(=O)N1C. The number of H-pyrrole nitrogens is 2. The fourth-order valence-corrected chi connectivity index (χ4v) is 17.9. The molecule has 2 aliphatic heterocycles. The molecule has 16 atom stereocenters. The van der Waals surface area contributed by atoms with E-state index in [1.807, 2.05) is 13.8 Å². The molecule has 1 saturated carbocycles. The number of unbranched alkanes of at least 4 members (excludes halogenated alkanes) is 2. The summed E-state index contributed by atoms with van der Waals surface area (Å²) in [5, 5.41) is 44.2. The van der Waals surface area contributed by atoms with E-state index in [9.17, 15) is 63.0 Å². The second-order valence-electron chi connectivity index (χ2n) is 34.2. The Balaban J connectivity index is 1.19. The van der Waals surface area contributed by atoms with Gasteiger partial charge in [-0.3, -0.25) is 86.3 Å². The number of primary amides is 2. The van der Waals surface area contributed by atoms with Gasteiger partial charge in [-0.1, -0.05) is 88.1 Å². The number of nitrogens with two attached hydrogens (primary N) is 5. The Hall–Kier alpha value is -12.2. The third-order valence-corrected chi connectivity index (χ3v) is 25.8. The smallest absolute Gasteiger partial charge is 0.303 e. The van der Waals surface area contributed by atoms with Crippen LogP contribution in [0.25, 0.3) is 21.8 Å². The first-order valence-electron chi connectivity index (χ1n) is 45.0. The minimum atomic E-state index is -1.79. The van der Waals surface area contributed by atoms with E-state index in [1.54, 1.807) is 85.2 Å². The summed E-state index contributed by atoms with van der Waals surface area (Å²) in [7, 11) is 5.45. The molecule has 3 aliphatic rings. The zero-order chi connectivity index (χ0) is 96.7. The molecule has 1 aliphatic carbocycles. The van der Waals surface area contributed by atoms with Crippen molar-refractivity contribution in [1.29, 1.82) is 0 Å². The summed E-state index contributed by atoms with van der Waals surface area (Å²) in [5.74, 6) is -21.0. The van der Waals surface area contributed by atoms with Crippen molar-refractivity contribution in [1.82, 2.24) is 72.1 Å². The zero-order valence-corrected chi connectivity index (χ0v) is 76.7. The van der Waals surface area contributed by atoms with Gasteiger partial charge in [-0.25, -0.2) is 0 Å². The van der Waals surface area contributed by atoms with Crippen LogP contribution in [0, 0.1) is 17.8 Å². The Bertz CT molecular complexity index is 4930. The van der Waals surface area contributed by atoms with Crippen molar-refractivity contribution >= 4 is 140 Å². The van der Waals surface area contributed by atoms with E-state index in [0.717, 1.165) is 21.6 Å². The summed E-state index contributed by atoms with van der Waals surface area (Å²) in [6.45, 7) is 4.04. The molecule has 720 valence electrons. The second kappa shape index (κ2) is 51.0. The van der Waals surface area contributed by atoms with E-state index in [2.05, 4.69) is 52.5 Å². The Morgan fingerprint density at radius 2 is 1.08 bits per heavy atom. The number of thioether (sulfide) groups is 1. The van der Waals surface area contributed by atoms with Gasteiger partial charge in [-0.05, 0) is 125 Å². The fraction of sp³-hybridized carbons (Fsp3) is 0.560. The maximum Gasteiger partial charge on any atom is 0.303 e. The number of methoxy groups -OCH3 is 1. The Labute approximate surface area is 769 Å². The number of aliphatic hydroxyl groups excluding tert-OH is 1. The monoisotopic (exact) mass is 1860 g/mol. The molecule has 0 spiro atoms. The van der Waals surface area contributed by atoms with Crippen LogP contribution in [-0.2, 0) is 106 Å². The number of para-hydroxylation sites is 2. The Morgan fingerprint density at radius 3 is 1.68 bits per heavy atom. The lowest BCUT2D eigenvalue weighted by Gasteiger charge is -2.36. The van der Waals surface area contributed by atoms with Crippen molar-refractivity contribution in [3.8, 4) is 5.75 Å². The normalized spacial score (nSPS) is 25.7. The van der Waals surface area contributed by atoms with E-state index < -0.39 is 260 Å². The Kier molecular flexibility index (Phi) is 40.6. The average Bonchev–Trinajstić information content (AvgIpc) is 1.51. The standard InChI is InChI=1S/C91H129N19O21S/c1-8-10-23-71-86(125)101-64(22-16-35-92)84(123)106-70(74(112)31-32-76(95)114)48-132-49-78(116)99-66(38-51-26-28-56(131-7)29-27-51)88(127)107(4)50(3)81(120)103-68(44-77(96)115)90(129)110-37-17-25-72(110)87(126)105-69(45-94)85(124)100-63(30-33-79(117)118)80(119)59-42-55(111)43-60(59)83(122)102-65(39-53-46-97-61-20-14-12-18-57(53)61)75(113)41-52(34-36-93)82(121)104-67(40-54-47-98-62-21-15-13-19-58(54)62)89(128)109(6)73(24-11-9-2)91(130)108(71)5/h12-15,18-21,26-29,46-47,50,52,55,59-60,63-73,97-98,111H,8-11,16-17,22-25,30-45,48-49,92-94H2,1-7H3,(H2,95,114)(H2,96,115)(H,99,116)(H,100,124)(H,101,125)(H,102,122)(H,103,120)(H,104,121)(H,105,126)(H,106,123)(H,117,118)/t50-,52+,55-,59?,60+,63-,64-,65-,66-,67-,68-,69-,70-,71-,72-,73-/m0/s1. The number of amides is 14. The number of aliphatic carboxylic acids is 1. The molecule has 40 nitrogen and oxygen atoms in total. The van der Waals surface area contributed by atoms with Crippen LogP contribution in [0.2, 0.25) is 0 Å². The van der Waals surface area contributed by atoms with Gasteiger partial charge in [0.15, 0.2) is 17.3 Å². The molecular formula is C91H129N19O21S. The van der Waals surface area contributed by atoms with Crippen molar-refractivity contribution in [3.05, 3.63) is 102 Å². The summed E-state index contributed by atoms with van der Waals surface area (Å²) in [6, 6.07) is 2.55. The highest BCUT2D eigenvalue weighted by Gasteiger charge is 2.48. The molecule has 41 heteroatoms. The number of carbonyl (C=O) groups is 18. The van der Waals surface area contributed by atoms with Crippen molar-refractivity contribution in [3.63, 3.8) is 0 Å². The highest BCUT2D eigenvalue weighted by molar-refractivity contribution is 8.00. The van der Waals surface area contributed by atoms with Crippen LogP contribution in [-0.4, -0.2) is 290 Å². The van der Waals surface area contributed by atoms with E-state index in [0.29, 0.717) is 69.9 Å². The average molecular weight is 1860 g/mol. The second-order valence-corrected chi connectivity index (χ2v) is 35.2. The number of carboxylic acid groups (broad SMARTS) is 1. The summed E-state index contributed by atoms with van der Waals surface area (Å²) in [5.41, 5.74) is 32.5. The number of hydrogen-bond acceptors (Lipinski definition) is 24. The van der Waals surface area contributed by atoms with Gasteiger partial charge in [0.05, 0.1) is 49.4 Å². The molecule has 2 aromatic heterocycles. The van der Waals surface area contributed by atoms with Crippen molar-refractivity contribution in [2.75, 3.05) is 65.9 Å². The highest BCUT2D eigenvalue weighted by Crippen LogP contribution is 2.36. The van der Waals surface area contributed by atoms with E-state index >= 15 is 33.6 Å². The summed E-state index contributed by atoms with van der Waals surface area (Å²) in [6.07, 6.45) is -1.31. The first-order valence-corrected chi connectivity index (χ1v) is 46.1. The van der Waals surface area contributed by atoms with Gasteiger partial charge >= 0.3 is 5.97 Å². The number of aromatic amines is 2. The molecular weight excluding hydrogens is 1730 g/mol. The number of ketones is 3. The highest BCUT2D eigenvalue weighted by atomic mass is 32.2. The number of nitrogens with one attached hydrogen (secondary N) is 10. The van der Waals surface area contributed by atoms with Crippen LogP contribution in [0.5, 0.6) is 5.75 Å². The van der Waals surface area contributed by atoms with Gasteiger partial charge in [0.1, 0.15) is 60.1 Å². The van der Waals surface area contributed by atoms with Gasteiger partial charge in [0.25, 0.3) is 0 Å².